The SMILES string of the molecule is CC1(C)c2ccccc2-c2ccc(N(c3ccc4cc(-c5ccccc5)ccc4c3)c3cccc4c3ccc3ccc5ccc6nc(-c7ccccc7)oc6c5c34)cc21. The molecule has 3 heteroatoms. The number of fused-ring (bicyclic) bond motifs is 11. The molecule has 59 heavy (non-hydrogen) atoms. The number of oxazole rings is 1. The van der Waals surface area contributed by atoms with Gasteiger partial charge in [-0.05, 0) is 115 Å². The second-order valence-electron chi connectivity index (χ2n) is 16.3. The molecule has 1 aromatic heterocycles. The molecule has 0 spiro atoms. The molecule has 0 fully saturated rings. The number of anilines is 3. The Morgan fingerprint density at radius 2 is 1.08 bits per heavy atom. The molecule has 0 atom stereocenters. The third kappa shape index (κ3) is 5.18. The van der Waals surface area contributed by atoms with Gasteiger partial charge in [0, 0.05) is 38.5 Å². The summed E-state index contributed by atoms with van der Waals surface area (Å²) in [6, 6.07) is 70.4. The first kappa shape index (κ1) is 33.6. The van der Waals surface area contributed by atoms with Crippen LogP contribution in [-0.2, 0) is 5.41 Å². The Balaban J connectivity index is 1.10. The predicted octanol–water partition coefficient (Wildman–Crippen LogP) is 15.6. The van der Waals surface area contributed by atoms with E-state index in [4.69, 9.17) is 9.40 Å². The monoisotopic (exact) mass is 754 g/mol. The molecule has 0 bridgehead atoms. The maximum atomic E-state index is 6.69. The number of hydrogen-bond acceptors (Lipinski definition) is 3. The van der Waals surface area contributed by atoms with Gasteiger partial charge < -0.3 is 9.32 Å². The minimum Gasteiger partial charge on any atom is -0.435 e. The molecule has 0 radical (unpaired) electrons. The first-order chi connectivity index (χ1) is 29.0. The highest BCUT2D eigenvalue weighted by atomic mass is 16.3. The van der Waals surface area contributed by atoms with Crippen LogP contribution in [0.5, 0.6) is 0 Å². The van der Waals surface area contributed by atoms with Crippen LogP contribution in [0.15, 0.2) is 199 Å². The largest absolute Gasteiger partial charge is 0.435 e. The van der Waals surface area contributed by atoms with Gasteiger partial charge in [0.2, 0.25) is 5.89 Å². The highest BCUT2D eigenvalue weighted by Gasteiger charge is 2.36. The zero-order valence-corrected chi connectivity index (χ0v) is 32.8. The molecule has 0 N–H and O–H groups in total. The Bertz CT molecular complexity index is 3470. The molecule has 278 valence electrons. The standard InChI is InChI=1S/C56H38N2O/c1-56(2)48-18-10-9-16-44(48)45-30-28-43(34-49(45)56)58(42-27-24-40-32-39(22-23-41(40)33-42)35-12-5-3-6-13-35)51-19-11-17-47-46(51)29-25-36-20-21-37-26-31-50-54(53(37)52(36)47)59-55(57-50)38-14-7-4-8-15-38/h3-34H,1-2H3. The number of benzene rings is 10. The summed E-state index contributed by atoms with van der Waals surface area (Å²) in [7, 11) is 0. The van der Waals surface area contributed by atoms with Crippen LogP contribution in [0, 0.1) is 0 Å². The van der Waals surface area contributed by atoms with Crippen molar-refractivity contribution in [2.24, 2.45) is 0 Å². The Hall–Kier alpha value is -7.49. The van der Waals surface area contributed by atoms with Crippen molar-refractivity contribution in [2.75, 3.05) is 4.90 Å². The minimum absolute atomic E-state index is 0.139. The van der Waals surface area contributed by atoms with Gasteiger partial charge in [-0.15, -0.1) is 0 Å². The molecule has 1 heterocycles. The molecule has 12 rings (SSSR count). The second-order valence-corrected chi connectivity index (χ2v) is 16.3. The summed E-state index contributed by atoms with van der Waals surface area (Å²) in [5.41, 5.74) is 13.6. The molecule has 1 aliphatic carbocycles. The second kappa shape index (κ2) is 12.8. The Kier molecular flexibility index (Phi) is 7.27. The summed E-state index contributed by atoms with van der Waals surface area (Å²) < 4.78 is 6.69. The average Bonchev–Trinajstić information content (AvgIpc) is 3.83. The molecular weight excluding hydrogens is 717 g/mol. The van der Waals surface area contributed by atoms with Crippen LogP contribution in [0.1, 0.15) is 25.0 Å². The van der Waals surface area contributed by atoms with Crippen LogP contribution in [0.4, 0.5) is 17.1 Å². The van der Waals surface area contributed by atoms with Gasteiger partial charge in [0.05, 0.1) is 5.69 Å². The predicted molar refractivity (Wildman–Crippen MR) is 247 cm³/mol. The van der Waals surface area contributed by atoms with Crippen LogP contribution < -0.4 is 4.90 Å². The molecule has 0 aliphatic heterocycles. The van der Waals surface area contributed by atoms with Gasteiger partial charge in [-0.3, -0.25) is 0 Å². The van der Waals surface area contributed by atoms with Crippen molar-refractivity contribution in [1.82, 2.24) is 4.98 Å². The maximum absolute atomic E-state index is 6.69. The molecule has 0 saturated heterocycles. The summed E-state index contributed by atoms with van der Waals surface area (Å²) in [5.74, 6) is 0.631. The lowest BCUT2D eigenvalue weighted by Crippen LogP contribution is -2.16. The fourth-order valence-corrected chi connectivity index (χ4v) is 9.70. The van der Waals surface area contributed by atoms with Crippen molar-refractivity contribution in [3.05, 3.63) is 205 Å². The van der Waals surface area contributed by atoms with Gasteiger partial charge in [0.1, 0.15) is 5.52 Å². The van der Waals surface area contributed by atoms with Crippen LogP contribution >= 0.6 is 0 Å². The fourth-order valence-electron chi connectivity index (χ4n) is 9.70. The van der Waals surface area contributed by atoms with E-state index in [-0.39, 0.29) is 5.41 Å². The van der Waals surface area contributed by atoms with E-state index >= 15 is 0 Å². The topological polar surface area (TPSA) is 29.3 Å². The van der Waals surface area contributed by atoms with Gasteiger partial charge in [-0.25, -0.2) is 4.98 Å². The van der Waals surface area contributed by atoms with Crippen molar-refractivity contribution < 1.29 is 4.42 Å². The molecule has 10 aromatic carbocycles. The van der Waals surface area contributed by atoms with Crippen molar-refractivity contribution in [2.45, 2.75) is 19.3 Å². The van der Waals surface area contributed by atoms with Gasteiger partial charge in [0.25, 0.3) is 0 Å². The lowest BCUT2D eigenvalue weighted by atomic mass is 9.82. The van der Waals surface area contributed by atoms with Crippen molar-refractivity contribution in [1.29, 1.82) is 0 Å². The third-order valence-corrected chi connectivity index (χ3v) is 12.6. The van der Waals surface area contributed by atoms with E-state index < -0.39 is 0 Å². The van der Waals surface area contributed by atoms with Gasteiger partial charge >= 0.3 is 0 Å². The number of aromatic nitrogens is 1. The van der Waals surface area contributed by atoms with Crippen molar-refractivity contribution in [3.63, 3.8) is 0 Å². The van der Waals surface area contributed by atoms with Crippen LogP contribution in [0.3, 0.4) is 0 Å². The summed E-state index contributed by atoms with van der Waals surface area (Å²) in [4.78, 5) is 7.43. The number of rotatable bonds is 5. The summed E-state index contributed by atoms with van der Waals surface area (Å²) in [5, 5.41) is 9.28. The Morgan fingerprint density at radius 1 is 0.441 bits per heavy atom. The highest BCUT2D eigenvalue weighted by molar-refractivity contribution is 6.27. The summed E-state index contributed by atoms with van der Waals surface area (Å²) >= 11 is 0. The van der Waals surface area contributed by atoms with Crippen molar-refractivity contribution >= 4 is 71.3 Å². The smallest absolute Gasteiger partial charge is 0.227 e. The van der Waals surface area contributed by atoms with E-state index in [9.17, 15) is 0 Å². The number of hydrogen-bond donors (Lipinski definition) is 0. The molecule has 11 aromatic rings. The normalized spacial score (nSPS) is 13.1. The molecule has 3 nitrogen and oxygen atoms in total. The number of nitrogens with zero attached hydrogens (tertiary/aromatic N) is 2. The quantitative estimate of drug-likeness (QED) is 0.164. The summed E-state index contributed by atoms with van der Waals surface area (Å²) in [6.45, 7) is 4.71. The van der Waals surface area contributed by atoms with E-state index in [0.717, 1.165) is 55.3 Å². The van der Waals surface area contributed by atoms with Crippen LogP contribution in [0.25, 0.3) is 87.9 Å². The molecule has 1 aliphatic rings. The third-order valence-electron chi connectivity index (χ3n) is 12.6. The molecule has 0 saturated carbocycles. The minimum atomic E-state index is -0.139. The fraction of sp³-hybridized carbons (Fsp3) is 0.0536. The highest BCUT2D eigenvalue weighted by Crippen LogP contribution is 2.51. The van der Waals surface area contributed by atoms with Crippen molar-refractivity contribution in [3.8, 4) is 33.7 Å². The Morgan fingerprint density at radius 3 is 1.93 bits per heavy atom. The van der Waals surface area contributed by atoms with E-state index in [0.29, 0.717) is 5.89 Å². The van der Waals surface area contributed by atoms with Gasteiger partial charge in [-0.1, -0.05) is 153 Å². The van der Waals surface area contributed by atoms with Gasteiger partial charge in [0.15, 0.2) is 5.58 Å². The average molecular weight is 755 g/mol. The lowest BCUT2D eigenvalue weighted by molar-refractivity contribution is 0.623. The zero-order chi connectivity index (χ0) is 39.2. The van der Waals surface area contributed by atoms with Crippen LogP contribution in [-0.4, -0.2) is 4.98 Å². The van der Waals surface area contributed by atoms with Gasteiger partial charge in [-0.2, -0.15) is 0 Å². The summed E-state index contributed by atoms with van der Waals surface area (Å²) in [6.07, 6.45) is 0. The lowest BCUT2D eigenvalue weighted by Gasteiger charge is -2.29. The maximum Gasteiger partial charge on any atom is 0.227 e. The molecule has 0 unspecified atom stereocenters. The van der Waals surface area contributed by atoms with E-state index in [1.54, 1.807) is 0 Å². The first-order valence-corrected chi connectivity index (χ1v) is 20.4. The van der Waals surface area contributed by atoms with E-state index in [1.807, 2.05) is 18.2 Å². The Labute approximate surface area is 342 Å². The van der Waals surface area contributed by atoms with Crippen LogP contribution in [0.2, 0.25) is 0 Å². The van der Waals surface area contributed by atoms with E-state index in [2.05, 4.69) is 195 Å². The zero-order valence-electron chi connectivity index (χ0n) is 32.8. The molecular formula is C56H38N2O. The first-order valence-electron chi connectivity index (χ1n) is 20.4. The van der Waals surface area contributed by atoms with E-state index in [1.165, 1.54) is 54.9 Å². The molecule has 0 amide bonds.